The standard InChI is InChI=1S/C26H25N3OS/c1-15-9-8-10-17-13-19-22-20(14-31-24(19)27-23(15)17)26(3,4)30-25-21(22)16(2)28-29(25)18-11-6-5-7-12-18/h5-13,20,22H,14H2,1-4H3. The quantitative estimate of drug-likeness (QED) is 0.370. The van der Waals surface area contributed by atoms with Crippen LogP contribution in [0.2, 0.25) is 0 Å². The van der Waals surface area contributed by atoms with Gasteiger partial charge in [0.05, 0.1) is 16.9 Å². The van der Waals surface area contributed by atoms with Crippen molar-refractivity contribution in [3.63, 3.8) is 0 Å². The summed E-state index contributed by atoms with van der Waals surface area (Å²) in [6, 6.07) is 19.1. The van der Waals surface area contributed by atoms with Crippen molar-refractivity contribution in [1.29, 1.82) is 0 Å². The third-order valence-corrected chi connectivity index (χ3v) is 7.93. The van der Waals surface area contributed by atoms with Crippen molar-refractivity contribution in [2.75, 3.05) is 5.75 Å². The van der Waals surface area contributed by atoms with Crippen molar-refractivity contribution in [3.05, 3.63) is 77.0 Å². The average Bonchev–Trinajstić information content (AvgIpc) is 3.08. The first-order chi connectivity index (χ1) is 14.9. The molecule has 2 aliphatic heterocycles. The van der Waals surface area contributed by atoms with Crippen LogP contribution in [0.3, 0.4) is 0 Å². The van der Waals surface area contributed by atoms with Crippen LogP contribution in [0.15, 0.2) is 59.6 Å². The number of fused-ring (bicyclic) bond motifs is 6. The summed E-state index contributed by atoms with van der Waals surface area (Å²) in [5.74, 6) is 2.44. The van der Waals surface area contributed by atoms with Crippen molar-refractivity contribution in [2.45, 2.75) is 44.2 Å². The highest BCUT2D eigenvalue weighted by Gasteiger charge is 2.50. The molecule has 0 N–H and O–H groups in total. The number of thioether (sulfide) groups is 1. The number of pyridine rings is 1. The van der Waals surface area contributed by atoms with E-state index < -0.39 is 0 Å². The summed E-state index contributed by atoms with van der Waals surface area (Å²) in [6.07, 6.45) is 0. The Bertz CT molecular complexity index is 1330. The highest BCUT2D eigenvalue weighted by atomic mass is 32.2. The van der Waals surface area contributed by atoms with E-state index in [9.17, 15) is 0 Å². The van der Waals surface area contributed by atoms with Crippen LogP contribution in [0, 0.1) is 19.8 Å². The van der Waals surface area contributed by atoms with E-state index >= 15 is 0 Å². The molecule has 0 bridgehead atoms. The van der Waals surface area contributed by atoms with Gasteiger partial charge in [-0.15, -0.1) is 11.8 Å². The zero-order valence-corrected chi connectivity index (χ0v) is 19.0. The van der Waals surface area contributed by atoms with Gasteiger partial charge in [-0.25, -0.2) is 9.67 Å². The van der Waals surface area contributed by atoms with E-state index in [1.165, 1.54) is 22.1 Å². The van der Waals surface area contributed by atoms with Crippen LogP contribution in [0.25, 0.3) is 16.6 Å². The highest BCUT2D eigenvalue weighted by molar-refractivity contribution is 7.99. The van der Waals surface area contributed by atoms with Crippen molar-refractivity contribution in [2.24, 2.45) is 5.92 Å². The predicted octanol–water partition coefficient (Wildman–Crippen LogP) is 6.06. The Morgan fingerprint density at radius 1 is 1.06 bits per heavy atom. The molecule has 2 atom stereocenters. The first-order valence-electron chi connectivity index (χ1n) is 10.8. The monoisotopic (exact) mass is 427 g/mol. The second-order valence-corrected chi connectivity index (χ2v) is 10.2. The molecule has 2 unspecified atom stereocenters. The molecule has 31 heavy (non-hydrogen) atoms. The Hall–Kier alpha value is -2.79. The van der Waals surface area contributed by atoms with E-state index in [0.29, 0.717) is 5.92 Å². The van der Waals surface area contributed by atoms with Crippen molar-refractivity contribution < 1.29 is 4.74 Å². The Morgan fingerprint density at radius 3 is 2.68 bits per heavy atom. The predicted molar refractivity (Wildman–Crippen MR) is 126 cm³/mol. The minimum atomic E-state index is -0.303. The third-order valence-electron chi connectivity index (χ3n) is 6.80. The van der Waals surface area contributed by atoms with E-state index in [2.05, 4.69) is 64.1 Å². The number of hydrogen-bond acceptors (Lipinski definition) is 4. The van der Waals surface area contributed by atoms with Crippen LogP contribution in [0.5, 0.6) is 5.88 Å². The van der Waals surface area contributed by atoms with E-state index in [1.54, 1.807) is 0 Å². The second-order valence-electron chi connectivity index (χ2n) is 9.18. The Morgan fingerprint density at radius 2 is 1.87 bits per heavy atom. The van der Waals surface area contributed by atoms with Gasteiger partial charge in [-0.3, -0.25) is 0 Å². The van der Waals surface area contributed by atoms with Gasteiger partial charge in [-0.05, 0) is 57.0 Å². The molecular formula is C26H25N3OS. The van der Waals surface area contributed by atoms with E-state index in [4.69, 9.17) is 14.8 Å². The molecule has 0 fully saturated rings. The molecule has 0 aliphatic carbocycles. The first kappa shape index (κ1) is 18.9. The van der Waals surface area contributed by atoms with Gasteiger partial charge in [-0.2, -0.15) is 5.10 Å². The molecule has 2 aromatic carbocycles. The number of hydrogen-bond donors (Lipinski definition) is 0. The van der Waals surface area contributed by atoms with Crippen LogP contribution >= 0.6 is 11.8 Å². The van der Waals surface area contributed by atoms with Gasteiger partial charge in [0.25, 0.3) is 0 Å². The minimum absolute atomic E-state index is 0.227. The average molecular weight is 428 g/mol. The molecule has 0 radical (unpaired) electrons. The minimum Gasteiger partial charge on any atom is -0.471 e. The van der Waals surface area contributed by atoms with Crippen LogP contribution in [-0.4, -0.2) is 26.1 Å². The zero-order valence-electron chi connectivity index (χ0n) is 18.2. The van der Waals surface area contributed by atoms with Gasteiger partial charge in [0.1, 0.15) is 10.6 Å². The van der Waals surface area contributed by atoms with Crippen LogP contribution in [0.1, 0.15) is 42.1 Å². The molecule has 4 nitrogen and oxygen atoms in total. The lowest BCUT2D eigenvalue weighted by Crippen LogP contribution is -2.47. The van der Waals surface area contributed by atoms with Gasteiger partial charge in [0.2, 0.25) is 5.88 Å². The number of nitrogens with zero attached hydrogens (tertiary/aromatic N) is 3. The fraction of sp³-hybridized carbons (Fsp3) is 0.308. The Balaban J connectivity index is 1.62. The molecule has 4 heterocycles. The molecule has 0 saturated carbocycles. The summed E-state index contributed by atoms with van der Waals surface area (Å²) in [4.78, 5) is 5.12. The SMILES string of the molecule is Cc1nn(-c2ccccc2)c2c1C1c3cc4cccc(C)c4nc3SCC1C(C)(C)O2. The third kappa shape index (κ3) is 2.76. The maximum absolute atomic E-state index is 6.68. The fourth-order valence-corrected chi connectivity index (χ4v) is 6.61. The fourth-order valence-electron chi connectivity index (χ4n) is 5.17. The summed E-state index contributed by atoms with van der Waals surface area (Å²) >= 11 is 1.87. The Labute approximate surface area is 186 Å². The molecule has 6 rings (SSSR count). The summed E-state index contributed by atoms with van der Waals surface area (Å²) in [7, 11) is 0. The topological polar surface area (TPSA) is 39.9 Å². The summed E-state index contributed by atoms with van der Waals surface area (Å²) in [6.45, 7) is 8.68. The summed E-state index contributed by atoms with van der Waals surface area (Å²) in [5.41, 5.74) is 6.62. The molecule has 0 spiro atoms. The molecule has 156 valence electrons. The lowest BCUT2D eigenvalue weighted by atomic mass is 9.72. The van der Waals surface area contributed by atoms with E-state index in [-0.39, 0.29) is 11.5 Å². The molecule has 5 heteroatoms. The van der Waals surface area contributed by atoms with Crippen molar-refractivity contribution in [3.8, 4) is 11.6 Å². The first-order valence-corrected chi connectivity index (χ1v) is 11.8. The van der Waals surface area contributed by atoms with Gasteiger partial charge in [0, 0.05) is 28.5 Å². The smallest absolute Gasteiger partial charge is 0.221 e. The van der Waals surface area contributed by atoms with Gasteiger partial charge < -0.3 is 4.74 Å². The van der Waals surface area contributed by atoms with Crippen molar-refractivity contribution in [1.82, 2.24) is 14.8 Å². The number of ether oxygens (including phenoxy) is 1. The van der Waals surface area contributed by atoms with Gasteiger partial charge >= 0.3 is 0 Å². The largest absolute Gasteiger partial charge is 0.471 e. The van der Waals surface area contributed by atoms with E-state index in [0.717, 1.165) is 33.6 Å². The second kappa shape index (κ2) is 6.60. The van der Waals surface area contributed by atoms with Crippen LogP contribution in [-0.2, 0) is 0 Å². The van der Waals surface area contributed by atoms with Crippen molar-refractivity contribution >= 4 is 22.7 Å². The molecule has 2 aliphatic rings. The lowest BCUT2D eigenvalue weighted by Gasteiger charge is -2.46. The molecule has 0 amide bonds. The normalized spacial score (nSPS) is 21.2. The number of rotatable bonds is 1. The number of aromatic nitrogens is 3. The maximum Gasteiger partial charge on any atom is 0.221 e. The van der Waals surface area contributed by atoms with Crippen LogP contribution in [0.4, 0.5) is 0 Å². The number of benzene rings is 2. The molecule has 0 saturated heterocycles. The molecule has 4 aromatic rings. The highest BCUT2D eigenvalue weighted by Crippen LogP contribution is 2.55. The van der Waals surface area contributed by atoms with E-state index in [1.807, 2.05) is 34.6 Å². The van der Waals surface area contributed by atoms with Gasteiger partial charge in [-0.1, -0.05) is 36.4 Å². The lowest BCUT2D eigenvalue weighted by molar-refractivity contribution is 0.0199. The molecular weight excluding hydrogens is 402 g/mol. The molecule has 2 aromatic heterocycles. The maximum atomic E-state index is 6.68. The summed E-state index contributed by atoms with van der Waals surface area (Å²) in [5, 5.41) is 7.29. The number of aryl methyl sites for hydroxylation is 2. The zero-order chi connectivity index (χ0) is 21.3. The van der Waals surface area contributed by atoms with Crippen LogP contribution < -0.4 is 4.74 Å². The summed E-state index contributed by atoms with van der Waals surface area (Å²) < 4.78 is 8.66. The van der Waals surface area contributed by atoms with Gasteiger partial charge in [0.15, 0.2) is 0 Å². The number of para-hydroxylation sites is 2. The Kier molecular flexibility index (Phi) is 4.03.